The van der Waals surface area contributed by atoms with E-state index < -0.39 is 16.3 Å². The quantitative estimate of drug-likeness (QED) is 0.347. The highest BCUT2D eigenvalue weighted by Crippen LogP contribution is 2.42. The Morgan fingerprint density at radius 2 is 1.45 bits per heavy atom. The molecule has 2 fully saturated rings. The van der Waals surface area contributed by atoms with Crippen molar-refractivity contribution in [3.8, 4) is 0 Å². The van der Waals surface area contributed by atoms with Crippen molar-refractivity contribution in [1.29, 1.82) is 0 Å². The van der Waals surface area contributed by atoms with E-state index in [1.807, 2.05) is 36.4 Å². The first-order chi connectivity index (χ1) is 19.4. The van der Waals surface area contributed by atoms with Crippen molar-refractivity contribution in [2.24, 2.45) is 5.92 Å². The lowest BCUT2D eigenvalue weighted by atomic mass is 9.89. The zero-order valence-corrected chi connectivity index (χ0v) is 23.9. The summed E-state index contributed by atoms with van der Waals surface area (Å²) in [4.78, 5) is 2.75. The maximum absolute atomic E-state index is 12.8. The van der Waals surface area contributed by atoms with Crippen LogP contribution in [0.3, 0.4) is 0 Å². The summed E-state index contributed by atoms with van der Waals surface area (Å²) < 4.78 is 41.4. The van der Waals surface area contributed by atoms with Gasteiger partial charge in [-0.2, -0.15) is 0 Å². The molecule has 2 aliphatic heterocycles. The molecule has 0 aromatic heterocycles. The van der Waals surface area contributed by atoms with Crippen LogP contribution in [0.15, 0.2) is 83.8 Å². The standard InChI is InChI=1S/C32H40N2O5S/c1-24-30(22-34-20-8-3-2-4-9-21-34)38-32(39-31(24)26-14-12-25(23-35)13-15-26)27-16-18-28(19-17-27)33-40(36,37)29-10-6-5-7-11-29/h5-7,10-19,24,30-33,35H,2-4,8-9,20-23H2,1H3/t24-,30+,31+,32+/m1/s1. The van der Waals surface area contributed by atoms with Crippen molar-refractivity contribution in [1.82, 2.24) is 4.90 Å². The number of benzene rings is 3. The maximum atomic E-state index is 12.8. The van der Waals surface area contributed by atoms with Crippen LogP contribution in [0.5, 0.6) is 0 Å². The number of ether oxygens (including phenoxy) is 2. The molecule has 0 saturated carbocycles. The largest absolute Gasteiger partial charge is 0.392 e. The molecule has 214 valence electrons. The fourth-order valence-electron chi connectivity index (χ4n) is 5.60. The van der Waals surface area contributed by atoms with Gasteiger partial charge in [-0.1, -0.05) is 80.8 Å². The van der Waals surface area contributed by atoms with Gasteiger partial charge in [0.2, 0.25) is 0 Å². The Balaban J connectivity index is 1.36. The molecule has 0 radical (unpaired) electrons. The minimum atomic E-state index is -3.68. The molecular weight excluding hydrogens is 524 g/mol. The topological polar surface area (TPSA) is 88.1 Å². The molecule has 0 spiro atoms. The van der Waals surface area contributed by atoms with Gasteiger partial charge in [-0.25, -0.2) is 8.42 Å². The average molecular weight is 565 g/mol. The molecule has 2 aliphatic rings. The summed E-state index contributed by atoms with van der Waals surface area (Å²) in [5.41, 5.74) is 3.24. The normalized spacial score (nSPS) is 24.6. The summed E-state index contributed by atoms with van der Waals surface area (Å²) in [6, 6.07) is 23.5. The van der Waals surface area contributed by atoms with Crippen molar-refractivity contribution in [2.75, 3.05) is 24.4 Å². The van der Waals surface area contributed by atoms with E-state index in [1.165, 1.54) is 32.1 Å². The number of hydrogen-bond acceptors (Lipinski definition) is 6. The summed E-state index contributed by atoms with van der Waals surface area (Å²) in [6.45, 7) is 5.22. The number of likely N-dealkylation sites (tertiary alicyclic amines) is 1. The number of sulfonamides is 1. The Morgan fingerprint density at radius 1 is 0.825 bits per heavy atom. The number of aliphatic hydroxyl groups is 1. The molecule has 40 heavy (non-hydrogen) atoms. The Labute approximate surface area is 238 Å². The molecule has 3 aromatic rings. The van der Waals surface area contributed by atoms with Crippen LogP contribution in [0.4, 0.5) is 5.69 Å². The van der Waals surface area contributed by atoms with Crippen LogP contribution in [-0.4, -0.2) is 44.2 Å². The van der Waals surface area contributed by atoms with Crippen LogP contribution < -0.4 is 4.72 Å². The van der Waals surface area contributed by atoms with Crippen LogP contribution in [0.25, 0.3) is 0 Å². The number of rotatable bonds is 8. The first-order valence-corrected chi connectivity index (χ1v) is 15.8. The van der Waals surface area contributed by atoms with Crippen molar-refractivity contribution < 1.29 is 23.0 Å². The zero-order valence-electron chi connectivity index (χ0n) is 23.1. The molecular formula is C32H40N2O5S. The first-order valence-electron chi connectivity index (χ1n) is 14.3. The molecule has 0 amide bonds. The van der Waals surface area contributed by atoms with Gasteiger partial charge in [-0.3, -0.25) is 4.72 Å². The van der Waals surface area contributed by atoms with Crippen LogP contribution >= 0.6 is 0 Å². The molecule has 5 rings (SSSR count). The predicted molar refractivity (Wildman–Crippen MR) is 156 cm³/mol. The molecule has 4 atom stereocenters. The number of anilines is 1. The molecule has 2 N–H and O–H groups in total. The second-order valence-corrected chi connectivity index (χ2v) is 12.6. The number of nitrogens with zero attached hydrogens (tertiary/aromatic N) is 1. The highest BCUT2D eigenvalue weighted by Gasteiger charge is 2.39. The summed E-state index contributed by atoms with van der Waals surface area (Å²) in [5.74, 6) is 0.124. The smallest absolute Gasteiger partial charge is 0.261 e. The van der Waals surface area contributed by atoms with Crippen molar-refractivity contribution in [2.45, 2.75) is 69.0 Å². The maximum Gasteiger partial charge on any atom is 0.261 e. The van der Waals surface area contributed by atoms with Gasteiger partial charge in [0.25, 0.3) is 10.0 Å². The third kappa shape index (κ3) is 7.11. The summed E-state index contributed by atoms with van der Waals surface area (Å²) in [7, 11) is -3.68. The van der Waals surface area contributed by atoms with E-state index in [9.17, 15) is 13.5 Å². The minimum absolute atomic E-state index is 0.00501. The van der Waals surface area contributed by atoms with Gasteiger partial charge < -0.3 is 19.5 Å². The van der Waals surface area contributed by atoms with Gasteiger partial charge in [0.1, 0.15) is 0 Å². The van der Waals surface area contributed by atoms with E-state index in [1.54, 1.807) is 42.5 Å². The zero-order chi connectivity index (χ0) is 28.0. The lowest BCUT2D eigenvalue weighted by Gasteiger charge is -2.43. The summed E-state index contributed by atoms with van der Waals surface area (Å²) >= 11 is 0. The lowest BCUT2D eigenvalue weighted by molar-refractivity contribution is -0.276. The van der Waals surface area contributed by atoms with Gasteiger partial charge in [0.15, 0.2) is 6.29 Å². The number of nitrogens with one attached hydrogen (secondary N) is 1. The average Bonchev–Trinajstić information content (AvgIpc) is 2.96. The van der Waals surface area contributed by atoms with Crippen molar-refractivity contribution >= 4 is 15.7 Å². The van der Waals surface area contributed by atoms with Crippen LogP contribution in [0, 0.1) is 5.92 Å². The Morgan fingerprint density at radius 3 is 2.10 bits per heavy atom. The van der Waals surface area contributed by atoms with E-state index in [4.69, 9.17) is 9.47 Å². The van der Waals surface area contributed by atoms with Crippen LogP contribution in [-0.2, 0) is 26.1 Å². The Kier molecular flexibility index (Phi) is 9.55. The van der Waals surface area contributed by atoms with Gasteiger partial charge >= 0.3 is 0 Å². The number of hydrogen-bond donors (Lipinski definition) is 2. The highest BCUT2D eigenvalue weighted by atomic mass is 32.2. The molecule has 0 unspecified atom stereocenters. The third-order valence-corrected chi connectivity index (χ3v) is 9.40. The minimum Gasteiger partial charge on any atom is -0.392 e. The van der Waals surface area contributed by atoms with Gasteiger partial charge in [0.05, 0.1) is 23.7 Å². The fraction of sp³-hybridized carbons (Fsp3) is 0.438. The molecule has 3 aromatic carbocycles. The SMILES string of the molecule is C[C@@H]1[C@H](CN2CCCCCCC2)O[C@H](c2ccc(NS(=O)(=O)c3ccccc3)cc2)O[C@@H]1c1ccc(CO)cc1. The predicted octanol–water partition coefficient (Wildman–Crippen LogP) is 6.04. The molecule has 7 nitrogen and oxygen atoms in total. The third-order valence-electron chi connectivity index (χ3n) is 8.00. The molecule has 0 bridgehead atoms. The molecule has 2 heterocycles. The number of aliphatic hydroxyl groups excluding tert-OH is 1. The summed E-state index contributed by atoms with van der Waals surface area (Å²) in [6.07, 6.45) is 5.52. The van der Waals surface area contributed by atoms with Gasteiger partial charge in [-0.15, -0.1) is 0 Å². The second kappa shape index (κ2) is 13.3. The van der Waals surface area contributed by atoms with Crippen molar-refractivity contribution in [3.63, 3.8) is 0 Å². The fourth-order valence-corrected chi connectivity index (χ4v) is 6.68. The summed E-state index contributed by atoms with van der Waals surface area (Å²) in [5, 5.41) is 9.51. The van der Waals surface area contributed by atoms with E-state index in [0.717, 1.165) is 36.3 Å². The van der Waals surface area contributed by atoms with Gasteiger partial charge in [-0.05, 0) is 61.3 Å². The van der Waals surface area contributed by atoms with Crippen LogP contribution in [0.1, 0.15) is 68.1 Å². The van der Waals surface area contributed by atoms with E-state index >= 15 is 0 Å². The van der Waals surface area contributed by atoms with Crippen molar-refractivity contribution in [3.05, 3.63) is 95.6 Å². The first kappa shape index (κ1) is 28.8. The Hall–Kier alpha value is -2.75. The molecule has 8 heteroatoms. The molecule has 2 saturated heterocycles. The second-order valence-electron chi connectivity index (χ2n) is 10.9. The lowest BCUT2D eigenvalue weighted by Crippen LogP contribution is -2.45. The molecule has 0 aliphatic carbocycles. The highest BCUT2D eigenvalue weighted by molar-refractivity contribution is 7.92. The van der Waals surface area contributed by atoms with E-state index in [-0.39, 0.29) is 29.6 Å². The van der Waals surface area contributed by atoms with Gasteiger partial charge in [0, 0.05) is 23.7 Å². The van der Waals surface area contributed by atoms with Crippen LogP contribution in [0.2, 0.25) is 0 Å². The monoisotopic (exact) mass is 564 g/mol. The van der Waals surface area contributed by atoms with E-state index in [2.05, 4.69) is 16.5 Å². The Bertz CT molecular complexity index is 1310. The van der Waals surface area contributed by atoms with E-state index in [0.29, 0.717) is 5.69 Å².